The molecule has 96 valence electrons. The van der Waals surface area contributed by atoms with Gasteiger partial charge in [0.25, 0.3) is 0 Å². The zero-order valence-electron chi connectivity index (χ0n) is 10.8. The molecule has 0 spiro atoms. The predicted octanol–water partition coefficient (Wildman–Crippen LogP) is 2.26. The van der Waals surface area contributed by atoms with Gasteiger partial charge in [-0.3, -0.25) is 0 Å². The Morgan fingerprint density at radius 3 is 2.88 bits per heavy atom. The smallest absolute Gasteiger partial charge is 0.123 e. The van der Waals surface area contributed by atoms with E-state index in [9.17, 15) is 0 Å². The van der Waals surface area contributed by atoms with E-state index in [0.717, 1.165) is 25.3 Å². The van der Waals surface area contributed by atoms with Crippen LogP contribution >= 0.6 is 0 Å². The van der Waals surface area contributed by atoms with Gasteiger partial charge in [0.1, 0.15) is 5.75 Å². The van der Waals surface area contributed by atoms with Crippen LogP contribution in [0.25, 0.3) is 0 Å². The van der Waals surface area contributed by atoms with Crippen LogP contribution in [-0.4, -0.2) is 24.9 Å². The zero-order valence-corrected chi connectivity index (χ0v) is 10.8. The zero-order chi connectivity index (χ0) is 12.5. The van der Waals surface area contributed by atoms with Crippen LogP contribution in [-0.2, 0) is 6.54 Å². The molecule has 17 heavy (non-hydrogen) atoms. The Morgan fingerprint density at radius 2 is 2.18 bits per heavy atom. The first-order valence-electron chi connectivity index (χ1n) is 6.31. The summed E-state index contributed by atoms with van der Waals surface area (Å²) in [5.41, 5.74) is 2.43. The molecular weight excluding hydrogens is 214 g/mol. The Bertz CT molecular complexity index is 326. The molecule has 0 fully saturated rings. The maximum Gasteiger partial charge on any atom is 0.123 e. The van der Waals surface area contributed by atoms with Gasteiger partial charge in [-0.2, -0.15) is 0 Å². The SMILES string of the molecule is CCCNCc1cc(C)ccc1OCCCO. The molecule has 0 saturated carbocycles. The summed E-state index contributed by atoms with van der Waals surface area (Å²) in [4.78, 5) is 0. The lowest BCUT2D eigenvalue weighted by Gasteiger charge is -2.12. The molecule has 1 aromatic rings. The lowest BCUT2D eigenvalue weighted by atomic mass is 10.1. The minimum Gasteiger partial charge on any atom is -0.493 e. The van der Waals surface area contributed by atoms with E-state index in [2.05, 4.69) is 31.3 Å². The van der Waals surface area contributed by atoms with E-state index in [-0.39, 0.29) is 6.61 Å². The van der Waals surface area contributed by atoms with Gasteiger partial charge in [-0.15, -0.1) is 0 Å². The molecule has 0 radical (unpaired) electrons. The van der Waals surface area contributed by atoms with E-state index < -0.39 is 0 Å². The average Bonchev–Trinajstić information content (AvgIpc) is 2.32. The van der Waals surface area contributed by atoms with Gasteiger partial charge in [0.05, 0.1) is 6.61 Å². The monoisotopic (exact) mass is 237 g/mol. The van der Waals surface area contributed by atoms with Crippen LogP contribution in [0.1, 0.15) is 30.9 Å². The minimum atomic E-state index is 0.176. The van der Waals surface area contributed by atoms with Crippen LogP contribution in [0.5, 0.6) is 5.75 Å². The molecule has 0 amide bonds. The predicted molar refractivity (Wildman–Crippen MR) is 70.4 cm³/mol. The van der Waals surface area contributed by atoms with Crippen molar-refractivity contribution in [2.45, 2.75) is 33.2 Å². The molecular formula is C14H23NO2. The molecule has 2 N–H and O–H groups in total. The summed E-state index contributed by atoms with van der Waals surface area (Å²) in [6.45, 7) is 6.84. The van der Waals surface area contributed by atoms with Gasteiger partial charge in [0, 0.05) is 25.1 Å². The number of hydrogen-bond acceptors (Lipinski definition) is 3. The van der Waals surface area contributed by atoms with Gasteiger partial charge < -0.3 is 15.2 Å². The highest BCUT2D eigenvalue weighted by Gasteiger charge is 2.03. The van der Waals surface area contributed by atoms with Crippen LogP contribution in [0.3, 0.4) is 0 Å². The molecule has 0 aliphatic rings. The van der Waals surface area contributed by atoms with Gasteiger partial charge in [0.2, 0.25) is 0 Å². The first-order chi connectivity index (χ1) is 8.27. The normalized spacial score (nSPS) is 10.5. The van der Waals surface area contributed by atoms with E-state index >= 15 is 0 Å². The highest BCUT2D eigenvalue weighted by atomic mass is 16.5. The number of aryl methyl sites for hydroxylation is 1. The van der Waals surface area contributed by atoms with Gasteiger partial charge >= 0.3 is 0 Å². The van der Waals surface area contributed by atoms with Crippen molar-refractivity contribution >= 4 is 0 Å². The van der Waals surface area contributed by atoms with Crippen molar-refractivity contribution in [2.75, 3.05) is 19.8 Å². The summed E-state index contributed by atoms with van der Waals surface area (Å²) in [5, 5.41) is 12.1. The average molecular weight is 237 g/mol. The molecule has 0 saturated heterocycles. The fourth-order valence-corrected chi connectivity index (χ4v) is 1.63. The Kier molecular flexibility index (Phi) is 6.67. The lowest BCUT2D eigenvalue weighted by molar-refractivity contribution is 0.232. The Labute approximate surface area is 104 Å². The van der Waals surface area contributed by atoms with Gasteiger partial charge in [-0.1, -0.05) is 24.6 Å². The van der Waals surface area contributed by atoms with Crippen molar-refractivity contribution in [3.63, 3.8) is 0 Å². The Morgan fingerprint density at radius 1 is 1.35 bits per heavy atom. The molecule has 0 atom stereocenters. The number of aliphatic hydroxyl groups excluding tert-OH is 1. The molecule has 3 nitrogen and oxygen atoms in total. The van der Waals surface area contributed by atoms with E-state index in [1.54, 1.807) is 0 Å². The molecule has 3 heteroatoms. The van der Waals surface area contributed by atoms with Crippen molar-refractivity contribution in [3.05, 3.63) is 29.3 Å². The summed E-state index contributed by atoms with van der Waals surface area (Å²) < 4.78 is 5.66. The second kappa shape index (κ2) is 8.09. The summed E-state index contributed by atoms with van der Waals surface area (Å²) in [7, 11) is 0. The second-order valence-corrected chi connectivity index (χ2v) is 4.21. The van der Waals surface area contributed by atoms with E-state index in [1.165, 1.54) is 11.1 Å². The second-order valence-electron chi connectivity index (χ2n) is 4.21. The summed E-state index contributed by atoms with van der Waals surface area (Å²) >= 11 is 0. The number of rotatable bonds is 8. The van der Waals surface area contributed by atoms with Crippen LogP contribution in [0, 0.1) is 6.92 Å². The molecule has 0 bridgehead atoms. The molecule has 1 rings (SSSR count). The fourth-order valence-electron chi connectivity index (χ4n) is 1.63. The maximum atomic E-state index is 8.74. The number of nitrogens with one attached hydrogen (secondary N) is 1. The third-order valence-corrected chi connectivity index (χ3v) is 2.52. The summed E-state index contributed by atoms with van der Waals surface area (Å²) in [6.07, 6.45) is 1.81. The molecule has 0 aliphatic carbocycles. The molecule has 0 heterocycles. The lowest BCUT2D eigenvalue weighted by Crippen LogP contribution is -2.15. The van der Waals surface area contributed by atoms with Crippen LogP contribution in [0.4, 0.5) is 0 Å². The van der Waals surface area contributed by atoms with Crippen molar-refractivity contribution in [2.24, 2.45) is 0 Å². The van der Waals surface area contributed by atoms with Crippen molar-refractivity contribution in [3.8, 4) is 5.75 Å². The van der Waals surface area contributed by atoms with Crippen molar-refractivity contribution in [1.29, 1.82) is 0 Å². The van der Waals surface area contributed by atoms with Crippen LogP contribution < -0.4 is 10.1 Å². The standard InChI is InChI=1S/C14H23NO2/c1-3-7-15-11-13-10-12(2)5-6-14(13)17-9-4-8-16/h5-6,10,15-16H,3-4,7-9,11H2,1-2H3. The fraction of sp³-hybridized carbons (Fsp3) is 0.571. The molecule has 1 aromatic carbocycles. The highest BCUT2D eigenvalue weighted by molar-refractivity contribution is 5.36. The third-order valence-electron chi connectivity index (χ3n) is 2.52. The van der Waals surface area contributed by atoms with E-state index in [4.69, 9.17) is 9.84 Å². The highest BCUT2D eigenvalue weighted by Crippen LogP contribution is 2.20. The van der Waals surface area contributed by atoms with Crippen molar-refractivity contribution in [1.82, 2.24) is 5.32 Å². The third kappa shape index (κ3) is 5.20. The van der Waals surface area contributed by atoms with Gasteiger partial charge in [-0.05, 0) is 26.0 Å². The quantitative estimate of drug-likeness (QED) is 0.681. The number of benzene rings is 1. The number of ether oxygens (including phenoxy) is 1. The molecule has 0 aromatic heterocycles. The van der Waals surface area contributed by atoms with Gasteiger partial charge in [0.15, 0.2) is 0 Å². The van der Waals surface area contributed by atoms with E-state index in [1.807, 2.05) is 6.07 Å². The van der Waals surface area contributed by atoms with Gasteiger partial charge in [-0.25, -0.2) is 0 Å². The summed E-state index contributed by atoms with van der Waals surface area (Å²) in [5.74, 6) is 0.924. The Balaban J connectivity index is 2.59. The molecule has 0 aliphatic heterocycles. The first kappa shape index (κ1) is 14.0. The maximum absolute atomic E-state index is 8.74. The first-order valence-corrected chi connectivity index (χ1v) is 6.31. The molecule has 0 unspecified atom stereocenters. The van der Waals surface area contributed by atoms with Crippen LogP contribution in [0.15, 0.2) is 18.2 Å². The summed E-state index contributed by atoms with van der Waals surface area (Å²) in [6, 6.07) is 6.21. The topological polar surface area (TPSA) is 41.5 Å². The van der Waals surface area contributed by atoms with E-state index in [0.29, 0.717) is 13.0 Å². The number of hydrogen-bond donors (Lipinski definition) is 2. The Hall–Kier alpha value is -1.06. The van der Waals surface area contributed by atoms with Crippen molar-refractivity contribution < 1.29 is 9.84 Å². The van der Waals surface area contributed by atoms with Crippen LogP contribution in [0.2, 0.25) is 0 Å². The largest absolute Gasteiger partial charge is 0.493 e. The number of aliphatic hydroxyl groups is 1. The minimum absolute atomic E-state index is 0.176.